The van der Waals surface area contributed by atoms with Crippen LogP contribution in [0.1, 0.15) is 22.0 Å². The third kappa shape index (κ3) is 3.14. The molecule has 0 aliphatic heterocycles. The Morgan fingerprint density at radius 1 is 1.20 bits per heavy atom. The van der Waals surface area contributed by atoms with Gasteiger partial charge in [-0.3, -0.25) is 9.89 Å². The molecule has 1 amide bonds. The van der Waals surface area contributed by atoms with Gasteiger partial charge in [-0.2, -0.15) is 5.10 Å². The first-order valence-electron chi connectivity index (χ1n) is 6.38. The van der Waals surface area contributed by atoms with Crippen LogP contribution in [0.4, 0.5) is 5.69 Å². The number of benzene rings is 1. The van der Waals surface area contributed by atoms with Gasteiger partial charge in [-0.15, -0.1) is 0 Å². The first-order chi connectivity index (χ1) is 9.47. The maximum absolute atomic E-state index is 12.3. The molecule has 1 aromatic heterocycles. The molecule has 0 saturated heterocycles. The van der Waals surface area contributed by atoms with Gasteiger partial charge in [-0.05, 0) is 31.2 Å². The molecular weight excluding hydrogens is 254 g/mol. The zero-order valence-corrected chi connectivity index (χ0v) is 12.2. The number of hydrogen-bond acceptors (Lipinski definition) is 4. The van der Waals surface area contributed by atoms with Gasteiger partial charge < -0.3 is 9.80 Å². The zero-order chi connectivity index (χ0) is 14.7. The number of nitrogens with zero attached hydrogens (tertiary/aromatic N) is 4. The van der Waals surface area contributed by atoms with Crippen LogP contribution in [0.3, 0.4) is 0 Å². The van der Waals surface area contributed by atoms with Crippen molar-refractivity contribution in [2.24, 2.45) is 0 Å². The Kier molecular flexibility index (Phi) is 4.02. The maximum Gasteiger partial charge on any atom is 0.254 e. The van der Waals surface area contributed by atoms with Crippen molar-refractivity contribution in [3.63, 3.8) is 0 Å². The minimum Gasteiger partial charge on any atom is -0.378 e. The number of H-pyrrole nitrogens is 1. The molecule has 0 aliphatic rings. The number of nitrogens with one attached hydrogen (secondary N) is 1. The third-order valence-corrected chi connectivity index (χ3v) is 3.00. The van der Waals surface area contributed by atoms with Crippen LogP contribution in [0.5, 0.6) is 0 Å². The molecule has 2 aromatic rings. The minimum atomic E-state index is -0.0437. The van der Waals surface area contributed by atoms with Crippen LogP contribution in [0.25, 0.3) is 0 Å². The summed E-state index contributed by atoms with van der Waals surface area (Å²) in [4.78, 5) is 20.1. The topological polar surface area (TPSA) is 65.1 Å². The van der Waals surface area contributed by atoms with E-state index in [1.54, 1.807) is 11.9 Å². The number of hydrogen-bond donors (Lipinski definition) is 1. The van der Waals surface area contributed by atoms with Crippen molar-refractivity contribution in [3.05, 3.63) is 41.5 Å². The van der Waals surface area contributed by atoms with E-state index in [4.69, 9.17) is 0 Å². The number of anilines is 1. The Hall–Kier alpha value is -2.37. The molecule has 1 heterocycles. The van der Waals surface area contributed by atoms with Crippen LogP contribution in [0.15, 0.2) is 24.3 Å². The second-order valence-corrected chi connectivity index (χ2v) is 4.94. The lowest BCUT2D eigenvalue weighted by atomic mass is 10.2. The fourth-order valence-electron chi connectivity index (χ4n) is 1.87. The number of aromatic nitrogens is 3. The zero-order valence-electron chi connectivity index (χ0n) is 12.2. The molecule has 1 aromatic carbocycles. The van der Waals surface area contributed by atoms with Crippen LogP contribution in [-0.4, -0.2) is 47.1 Å². The van der Waals surface area contributed by atoms with E-state index >= 15 is 0 Å². The van der Waals surface area contributed by atoms with Crippen LogP contribution < -0.4 is 4.90 Å². The Labute approximate surface area is 118 Å². The van der Waals surface area contributed by atoms with Crippen LogP contribution in [-0.2, 0) is 6.54 Å². The summed E-state index contributed by atoms with van der Waals surface area (Å²) in [5, 5.41) is 6.80. The molecule has 6 nitrogen and oxygen atoms in total. The summed E-state index contributed by atoms with van der Waals surface area (Å²) in [5.41, 5.74) is 1.72. The second kappa shape index (κ2) is 5.73. The largest absolute Gasteiger partial charge is 0.378 e. The van der Waals surface area contributed by atoms with Gasteiger partial charge >= 0.3 is 0 Å². The number of rotatable bonds is 4. The molecule has 0 unspecified atom stereocenters. The van der Waals surface area contributed by atoms with E-state index in [0.29, 0.717) is 17.9 Å². The monoisotopic (exact) mass is 273 g/mol. The summed E-state index contributed by atoms with van der Waals surface area (Å²) in [6.07, 6.45) is 0. The number of amides is 1. The molecule has 0 radical (unpaired) electrons. The van der Waals surface area contributed by atoms with Gasteiger partial charge in [0, 0.05) is 32.4 Å². The summed E-state index contributed by atoms with van der Waals surface area (Å²) in [7, 11) is 5.68. The highest BCUT2D eigenvalue weighted by molar-refractivity contribution is 5.94. The highest BCUT2D eigenvalue weighted by Gasteiger charge is 2.14. The first kappa shape index (κ1) is 14.0. The fraction of sp³-hybridized carbons (Fsp3) is 0.357. The van der Waals surface area contributed by atoms with Gasteiger partial charge in [0.15, 0.2) is 5.82 Å². The van der Waals surface area contributed by atoms with Crippen molar-refractivity contribution in [1.82, 2.24) is 20.1 Å². The van der Waals surface area contributed by atoms with Crippen molar-refractivity contribution in [2.45, 2.75) is 13.5 Å². The molecule has 0 bridgehead atoms. The summed E-state index contributed by atoms with van der Waals surface area (Å²) in [5.74, 6) is 1.32. The van der Waals surface area contributed by atoms with Crippen molar-refractivity contribution in [1.29, 1.82) is 0 Å². The minimum absolute atomic E-state index is 0.0437. The molecule has 0 spiro atoms. The summed E-state index contributed by atoms with van der Waals surface area (Å²) >= 11 is 0. The Bertz CT molecular complexity index is 588. The smallest absolute Gasteiger partial charge is 0.254 e. The second-order valence-electron chi connectivity index (χ2n) is 4.94. The van der Waals surface area contributed by atoms with Crippen LogP contribution >= 0.6 is 0 Å². The van der Waals surface area contributed by atoms with E-state index in [9.17, 15) is 4.79 Å². The quantitative estimate of drug-likeness (QED) is 0.915. The van der Waals surface area contributed by atoms with Gasteiger partial charge in [0.05, 0.1) is 6.54 Å². The Morgan fingerprint density at radius 2 is 1.85 bits per heavy atom. The van der Waals surface area contributed by atoms with E-state index in [-0.39, 0.29) is 5.91 Å². The lowest BCUT2D eigenvalue weighted by Gasteiger charge is -2.16. The molecule has 20 heavy (non-hydrogen) atoms. The molecule has 0 aliphatic carbocycles. The van der Waals surface area contributed by atoms with E-state index in [2.05, 4.69) is 15.2 Å². The third-order valence-electron chi connectivity index (χ3n) is 3.00. The molecular formula is C14H19N5O. The molecule has 0 atom stereocenters. The van der Waals surface area contributed by atoms with Crippen LogP contribution in [0, 0.1) is 6.92 Å². The molecule has 106 valence electrons. The summed E-state index contributed by atoms with van der Waals surface area (Å²) < 4.78 is 0. The van der Waals surface area contributed by atoms with Gasteiger partial charge in [0.1, 0.15) is 5.82 Å². The van der Waals surface area contributed by atoms with Gasteiger partial charge in [-0.1, -0.05) is 0 Å². The molecule has 1 N–H and O–H groups in total. The summed E-state index contributed by atoms with van der Waals surface area (Å²) in [6, 6.07) is 7.52. The van der Waals surface area contributed by atoms with E-state index < -0.39 is 0 Å². The number of aromatic amines is 1. The average molecular weight is 273 g/mol. The van der Waals surface area contributed by atoms with E-state index in [0.717, 1.165) is 11.5 Å². The average Bonchev–Trinajstić information content (AvgIpc) is 2.83. The van der Waals surface area contributed by atoms with E-state index in [1.807, 2.05) is 50.2 Å². The van der Waals surface area contributed by atoms with E-state index in [1.165, 1.54) is 0 Å². The normalized spacial score (nSPS) is 10.4. The van der Waals surface area contributed by atoms with Crippen molar-refractivity contribution < 1.29 is 4.79 Å². The predicted molar refractivity (Wildman–Crippen MR) is 77.7 cm³/mol. The van der Waals surface area contributed by atoms with Gasteiger partial charge in [0.2, 0.25) is 0 Å². The predicted octanol–water partition coefficient (Wildman–Crippen LogP) is 1.45. The Balaban J connectivity index is 2.06. The lowest BCUT2D eigenvalue weighted by molar-refractivity contribution is 0.0781. The fourth-order valence-corrected chi connectivity index (χ4v) is 1.87. The van der Waals surface area contributed by atoms with Crippen molar-refractivity contribution in [2.75, 3.05) is 26.0 Å². The highest BCUT2D eigenvalue weighted by atomic mass is 16.2. The van der Waals surface area contributed by atoms with Crippen molar-refractivity contribution in [3.8, 4) is 0 Å². The number of aryl methyl sites for hydroxylation is 1. The van der Waals surface area contributed by atoms with Gasteiger partial charge in [-0.25, -0.2) is 4.98 Å². The number of carbonyl (C=O) groups is 1. The molecule has 0 saturated carbocycles. The SMILES string of the molecule is Cc1nc(CN(C)C(=O)c2ccc(N(C)C)cc2)n[nH]1. The summed E-state index contributed by atoms with van der Waals surface area (Å²) in [6.45, 7) is 2.22. The molecule has 0 fully saturated rings. The lowest BCUT2D eigenvalue weighted by Crippen LogP contribution is -2.26. The highest BCUT2D eigenvalue weighted by Crippen LogP contribution is 2.14. The maximum atomic E-state index is 12.3. The van der Waals surface area contributed by atoms with Crippen LogP contribution in [0.2, 0.25) is 0 Å². The molecule has 6 heteroatoms. The Morgan fingerprint density at radius 3 is 2.35 bits per heavy atom. The van der Waals surface area contributed by atoms with Crippen molar-refractivity contribution >= 4 is 11.6 Å². The standard InChI is InChI=1S/C14H19N5O/c1-10-15-13(17-16-10)9-19(4)14(20)11-5-7-12(8-6-11)18(2)3/h5-8H,9H2,1-4H3,(H,15,16,17). The number of carbonyl (C=O) groups excluding carboxylic acids is 1. The van der Waals surface area contributed by atoms with Gasteiger partial charge in [0.25, 0.3) is 5.91 Å². The first-order valence-corrected chi connectivity index (χ1v) is 6.38. The molecule has 2 rings (SSSR count).